The van der Waals surface area contributed by atoms with E-state index in [0.29, 0.717) is 0 Å². The zero-order chi connectivity index (χ0) is 14.7. The van der Waals surface area contributed by atoms with E-state index in [-0.39, 0.29) is 7.43 Å². The van der Waals surface area contributed by atoms with Crippen LogP contribution in [0.1, 0.15) is 98.3 Å². The third-order valence-corrected chi connectivity index (χ3v) is 7.02. The van der Waals surface area contributed by atoms with E-state index >= 15 is 0 Å². The Hall–Kier alpha value is -0.260. The van der Waals surface area contributed by atoms with Crippen LogP contribution in [-0.4, -0.2) is 0 Å². The summed E-state index contributed by atoms with van der Waals surface area (Å²) in [5.41, 5.74) is 1.86. The fourth-order valence-corrected chi connectivity index (χ4v) is 5.30. The van der Waals surface area contributed by atoms with Crippen LogP contribution in [-0.2, 0) is 0 Å². The Morgan fingerprint density at radius 2 is 1.23 bits per heavy atom. The third kappa shape index (κ3) is 4.62. The third-order valence-electron chi connectivity index (χ3n) is 7.02. The van der Waals surface area contributed by atoms with E-state index in [2.05, 4.69) is 19.9 Å². The first kappa shape index (κ1) is 18.1. The largest absolute Gasteiger partial charge is 0.0850 e. The second-order valence-electron chi connectivity index (χ2n) is 8.63. The van der Waals surface area contributed by atoms with Crippen molar-refractivity contribution in [3.63, 3.8) is 0 Å². The maximum absolute atomic E-state index is 2.64. The van der Waals surface area contributed by atoms with Gasteiger partial charge in [0.25, 0.3) is 0 Å². The van der Waals surface area contributed by atoms with Crippen molar-refractivity contribution in [1.29, 1.82) is 0 Å². The Labute approximate surface area is 140 Å². The highest BCUT2D eigenvalue weighted by molar-refractivity contribution is 5.10. The van der Waals surface area contributed by atoms with Gasteiger partial charge in [0.05, 0.1) is 0 Å². The lowest BCUT2D eigenvalue weighted by Gasteiger charge is -2.38. The van der Waals surface area contributed by atoms with Crippen LogP contribution in [0.25, 0.3) is 0 Å². The summed E-state index contributed by atoms with van der Waals surface area (Å²) in [5.74, 6) is 5.11. The van der Waals surface area contributed by atoms with E-state index in [9.17, 15) is 0 Å². The van der Waals surface area contributed by atoms with E-state index in [1.165, 1.54) is 77.0 Å². The van der Waals surface area contributed by atoms with E-state index in [1.807, 2.05) is 5.57 Å². The molecule has 0 aromatic carbocycles. The number of hydrogen-bond acceptors (Lipinski definition) is 0. The lowest BCUT2D eigenvalue weighted by atomic mass is 9.68. The molecule has 1 unspecified atom stereocenters. The molecular weight excluding hydrogens is 264 g/mol. The van der Waals surface area contributed by atoms with Crippen molar-refractivity contribution in [2.45, 2.75) is 98.3 Å². The molecule has 22 heavy (non-hydrogen) atoms. The summed E-state index contributed by atoms with van der Waals surface area (Å²) in [5, 5.41) is 0. The van der Waals surface area contributed by atoms with Crippen molar-refractivity contribution in [1.82, 2.24) is 0 Å². The van der Waals surface area contributed by atoms with Gasteiger partial charge in [-0.3, -0.25) is 0 Å². The maximum Gasteiger partial charge on any atom is -0.0203 e. The van der Waals surface area contributed by atoms with Crippen LogP contribution in [0.5, 0.6) is 0 Å². The van der Waals surface area contributed by atoms with E-state index in [0.717, 1.165) is 29.6 Å². The van der Waals surface area contributed by atoms with Crippen molar-refractivity contribution in [2.24, 2.45) is 29.6 Å². The number of allylic oxidation sites excluding steroid dienone is 2. The molecule has 0 bridgehead atoms. The van der Waals surface area contributed by atoms with E-state index < -0.39 is 0 Å². The Kier molecular flexibility index (Phi) is 7.03. The average Bonchev–Trinajstić information content (AvgIpc) is 2.73. The van der Waals surface area contributed by atoms with E-state index in [1.54, 1.807) is 0 Å². The maximum atomic E-state index is 2.64. The van der Waals surface area contributed by atoms with Crippen LogP contribution < -0.4 is 0 Å². The lowest BCUT2D eigenvalue weighted by molar-refractivity contribution is 0.157. The van der Waals surface area contributed by atoms with Gasteiger partial charge in [0.15, 0.2) is 0 Å². The molecule has 0 aromatic rings. The Morgan fingerprint density at radius 1 is 0.682 bits per heavy atom. The summed E-state index contributed by atoms with van der Waals surface area (Å²) in [6, 6.07) is 0. The van der Waals surface area contributed by atoms with Crippen molar-refractivity contribution in [3.8, 4) is 0 Å². The highest BCUT2D eigenvalue weighted by Gasteiger charge is 2.31. The molecule has 0 N–H and O–H groups in total. The van der Waals surface area contributed by atoms with Gasteiger partial charge < -0.3 is 0 Å². The zero-order valence-electron chi connectivity index (χ0n) is 14.4. The average molecular weight is 305 g/mol. The number of rotatable bonds is 2. The van der Waals surface area contributed by atoms with Gasteiger partial charge in [-0.25, -0.2) is 0 Å². The molecule has 0 nitrogen and oxygen atoms in total. The van der Waals surface area contributed by atoms with Crippen molar-refractivity contribution >= 4 is 0 Å². The summed E-state index contributed by atoms with van der Waals surface area (Å²) in [6.07, 6.45) is 20.5. The van der Waals surface area contributed by atoms with Crippen LogP contribution in [0.3, 0.4) is 0 Å². The topological polar surface area (TPSA) is 0 Å². The zero-order valence-corrected chi connectivity index (χ0v) is 14.4. The highest BCUT2D eigenvalue weighted by Crippen LogP contribution is 2.44. The first-order valence-electron chi connectivity index (χ1n) is 9.91. The molecule has 0 heteroatoms. The molecule has 2 fully saturated rings. The fourth-order valence-electron chi connectivity index (χ4n) is 5.30. The second-order valence-corrected chi connectivity index (χ2v) is 8.63. The van der Waals surface area contributed by atoms with Crippen LogP contribution in [0, 0.1) is 29.6 Å². The summed E-state index contributed by atoms with van der Waals surface area (Å²) < 4.78 is 0. The van der Waals surface area contributed by atoms with Gasteiger partial charge in [-0.15, -0.1) is 0 Å². The van der Waals surface area contributed by atoms with Crippen LogP contribution in [0.4, 0.5) is 0 Å². The first-order chi connectivity index (χ1) is 10.2. The second kappa shape index (κ2) is 8.55. The standard InChI is InChI=1S/C21H36.CH4/c1-16-4-3-5-18(9-6-16)20-12-14-21(15-13-20)19-10-7-17(2)8-11-19;/h5,16-17,19-21H,3-4,6-15H2,1-2H3;1H4. The molecule has 3 rings (SSSR count). The minimum Gasteiger partial charge on any atom is -0.0850 e. The molecule has 0 amide bonds. The quantitative estimate of drug-likeness (QED) is 0.466. The van der Waals surface area contributed by atoms with E-state index in [4.69, 9.17) is 0 Å². The number of hydrogen-bond donors (Lipinski definition) is 0. The smallest absolute Gasteiger partial charge is 0.0203 e. The highest BCUT2D eigenvalue weighted by atomic mass is 14.4. The minimum atomic E-state index is 0. The summed E-state index contributed by atoms with van der Waals surface area (Å²) in [6.45, 7) is 4.89. The molecule has 0 saturated heterocycles. The molecule has 0 radical (unpaired) electrons. The molecular formula is C22H40. The van der Waals surface area contributed by atoms with Crippen LogP contribution >= 0.6 is 0 Å². The normalized spacial score (nSPS) is 40.3. The molecule has 0 heterocycles. The fraction of sp³-hybridized carbons (Fsp3) is 0.909. The van der Waals surface area contributed by atoms with Gasteiger partial charge >= 0.3 is 0 Å². The van der Waals surface area contributed by atoms with Crippen LogP contribution in [0.15, 0.2) is 11.6 Å². The molecule has 0 aliphatic heterocycles. The summed E-state index contributed by atoms with van der Waals surface area (Å²) in [4.78, 5) is 0. The van der Waals surface area contributed by atoms with Gasteiger partial charge in [-0.1, -0.05) is 45.8 Å². The monoisotopic (exact) mass is 304 g/mol. The lowest BCUT2D eigenvalue weighted by Crippen LogP contribution is -2.25. The van der Waals surface area contributed by atoms with Gasteiger partial charge in [0.1, 0.15) is 0 Å². The van der Waals surface area contributed by atoms with Gasteiger partial charge in [0.2, 0.25) is 0 Å². The van der Waals surface area contributed by atoms with Crippen molar-refractivity contribution < 1.29 is 0 Å². The molecule has 0 spiro atoms. The predicted octanol–water partition coefficient (Wildman–Crippen LogP) is 7.39. The predicted molar refractivity (Wildman–Crippen MR) is 99.0 cm³/mol. The molecule has 2 saturated carbocycles. The Bertz CT molecular complexity index is 337. The molecule has 1 atom stereocenters. The summed E-state index contributed by atoms with van der Waals surface area (Å²) >= 11 is 0. The molecule has 3 aliphatic rings. The Morgan fingerprint density at radius 3 is 1.86 bits per heavy atom. The molecule has 128 valence electrons. The van der Waals surface area contributed by atoms with Crippen molar-refractivity contribution in [3.05, 3.63) is 11.6 Å². The van der Waals surface area contributed by atoms with Gasteiger partial charge in [-0.2, -0.15) is 0 Å². The first-order valence-corrected chi connectivity index (χ1v) is 9.91. The molecule has 3 aliphatic carbocycles. The minimum absolute atomic E-state index is 0. The van der Waals surface area contributed by atoms with Crippen molar-refractivity contribution in [2.75, 3.05) is 0 Å². The summed E-state index contributed by atoms with van der Waals surface area (Å²) in [7, 11) is 0. The SMILES string of the molecule is C.CC1CCC=C(C2CCC(C3CCC(C)CC3)CC2)CC1. The van der Waals surface area contributed by atoms with Gasteiger partial charge in [0, 0.05) is 0 Å². The van der Waals surface area contributed by atoms with Gasteiger partial charge in [-0.05, 0) is 93.8 Å². The Balaban J connectivity index is 0.00000176. The molecule has 0 aromatic heterocycles. The van der Waals surface area contributed by atoms with Crippen LogP contribution in [0.2, 0.25) is 0 Å².